The Morgan fingerprint density at radius 2 is 1.36 bits per heavy atom. The Hall–Kier alpha value is -3.80. The molecule has 2 aromatic carbocycles. The molecule has 1 aromatic heterocycles. The second-order valence-corrected chi connectivity index (χ2v) is 5.77. The van der Waals surface area contributed by atoms with Crippen molar-refractivity contribution in [2.75, 3.05) is 11.5 Å². The van der Waals surface area contributed by atoms with Gasteiger partial charge in [0.1, 0.15) is 5.56 Å². The van der Waals surface area contributed by atoms with E-state index >= 15 is 0 Å². The number of pyridine rings is 1. The van der Waals surface area contributed by atoms with E-state index < -0.39 is 17.8 Å². The molecule has 0 aliphatic rings. The lowest BCUT2D eigenvalue weighted by atomic mass is 10.1. The summed E-state index contributed by atoms with van der Waals surface area (Å²) < 4.78 is 5.06. The number of ether oxygens (including phenoxy) is 1. The fourth-order valence-corrected chi connectivity index (χ4v) is 2.65. The van der Waals surface area contributed by atoms with E-state index in [0.29, 0.717) is 11.1 Å². The molecule has 0 unspecified atom stereocenters. The Morgan fingerprint density at radius 3 is 1.86 bits per heavy atom. The van der Waals surface area contributed by atoms with Gasteiger partial charge in [-0.1, -0.05) is 36.4 Å². The van der Waals surface area contributed by atoms with Gasteiger partial charge in [-0.25, -0.2) is 14.7 Å². The Morgan fingerprint density at radius 1 is 0.821 bits per heavy atom. The normalized spacial score (nSPS) is 10.2. The molecule has 140 valence electrons. The van der Waals surface area contributed by atoms with Gasteiger partial charge in [0.25, 0.3) is 11.8 Å². The minimum atomic E-state index is -0.655. The maximum Gasteiger partial charge on any atom is 0.341 e. The van der Waals surface area contributed by atoms with Gasteiger partial charge in [-0.3, -0.25) is 9.59 Å². The number of anilines is 1. The fraction of sp³-hybridized carbons (Fsp3) is 0.0909. The third-order valence-electron chi connectivity index (χ3n) is 3.94. The molecule has 0 saturated heterocycles. The first-order valence-electron chi connectivity index (χ1n) is 8.74. The zero-order chi connectivity index (χ0) is 19.9. The number of amides is 2. The average molecular weight is 374 g/mol. The molecule has 1 heterocycles. The molecule has 28 heavy (non-hydrogen) atoms. The molecular weight excluding hydrogens is 356 g/mol. The second kappa shape index (κ2) is 8.73. The van der Waals surface area contributed by atoms with Crippen molar-refractivity contribution in [3.05, 3.63) is 95.7 Å². The Kier molecular flexibility index (Phi) is 5.91. The van der Waals surface area contributed by atoms with E-state index in [4.69, 9.17) is 4.74 Å². The number of carbonyl (C=O) groups excluding carboxylic acids is 3. The van der Waals surface area contributed by atoms with Crippen molar-refractivity contribution in [1.29, 1.82) is 0 Å². The third kappa shape index (κ3) is 3.96. The molecule has 0 atom stereocenters. The monoisotopic (exact) mass is 374 g/mol. The van der Waals surface area contributed by atoms with Gasteiger partial charge in [0.05, 0.1) is 6.61 Å². The van der Waals surface area contributed by atoms with E-state index in [9.17, 15) is 14.4 Å². The largest absolute Gasteiger partial charge is 0.462 e. The number of rotatable bonds is 5. The highest BCUT2D eigenvalue weighted by atomic mass is 16.5. The number of benzene rings is 2. The second-order valence-electron chi connectivity index (χ2n) is 5.77. The minimum Gasteiger partial charge on any atom is -0.462 e. The van der Waals surface area contributed by atoms with E-state index in [2.05, 4.69) is 4.98 Å². The first-order chi connectivity index (χ1) is 13.6. The first-order valence-corrected chi connectivity index (χ1v) is 8.74. The van der Waals surface area contributed by atoms with Crippen molar-refractivity contribution in [3.63, 3.8) is 0 Å². The van der Waals surface area contributed by atoms with Crippen molar-refractivity contribution in [3.8, 4) is 0 Å². The zero-order valence-electron chi connectivity index (χ0n) is 15.2. The Labute approximate surface area is 162 Å². The average Bonchev–Trinajstić information content (AvgIpc) is 2.75. The van der Waals surface area contributed by atoms with Crippen LogP contribution in [0.4, 0.5) is 5.82 Å². The van der Waals surface area contributed by atoms with Crippen LogP contribution in [0.15, 0.2) is 79.0 Å². The van der Waals surface area contributed by atoms with Crippen molar-refractivity contribution < 1.29 is 19.1 Å². The molecule has 0 aliphatic heterocycles. The number of aromatic nitrogens is 1. The lowest BCUT2D eigenvalue weighted by Gasteiger charge is -2.22. The number of esters is 1. The van der Waals surface area contributed by atoms with Gasteiger partial charge < -0.3 is 4.74 Å². The smallest absolute Gasteiger partial charge is 0.341 e. The molecule has 0 fully saturated rings. The molecule has 0 radical (unpaired) electrons. The Bertz CT molecular complexity index is 936. The summed E-state index contributed by atoms with van der Waals surface area (Å²) in [7, 11) is 0. The number of nitrogens with zero attached hydrogens (tertiary/aromatic N) is 2. The number of hydrogen-bond acceptors (Lipinski definition) is 5. The van der Waals surface area contributed by atoms with Gasteiger partial charge >= 0.3 is 5.97 Å². The molecule has 0 spiro atoms. The summed E-state index contributed by atoms with van der Waals surface area (Å²) in [5.74, 6) is -1.89. The SMILES string of the molecule is CCOC(=O)c1cccnc1N(C(=O)c1ccccc1)C(=O)c1ccccc1. The number of imide groups is 1. The summed E-state index contributed by atoms with van der Waals surface area (Å²) in [4.78, 5) is 43.9. The third-order valence-corrected chi connectivity index (χ3v) is 3.94. The molecule has 0 bridgehead atoms. The minimum absolute atomic E-state index is 0.0397. The molecule has 0 saturated carbocycles. The van der Waals surface area contributed by atoms with Crippen LogP contribution in [0, 0.1) is 0 Å². The molecule has 0 N–H and O–H groups in total. The summed E-state index contributed by atoms with van der Waals surface area (Å²) in [6.07, 6.45) is 1.42. The van der Waals surface area contributed by atoms with Gasteiger partial charge in [0.2, 0.25) is 0 Å². The van der Waals surface area contributed by atoms with Crippen LogP contribution in [0.3, 0.4) is 0 Å². The standard InChI is InChI=1S/C22H18N2O4/c1-2-28-22(27)18-14-9-15-23-19(18)24(20(25)16-10-5-3-6-11-16)21(26)17-12-7-4-8-13-17/h3-15H,2H2,1H3. The lowest BCUT2D eigenvalue weighted by Crippen LogP contribution is -2.39. The predicted molar refractivity (Wildman–Crippen MR) is 104 cm³/mol. The summed E-state index contributed by atoms with van der Waals surface area (Å²) >= 11 is 0. The van der Waals surface area contributed by atoms with Gasteiger partial charge in [0, 0.05) is 17.3 Å². The predicted octanol–water partition coefficient (Wildman–Crippen LogP) is 3.75. The van der Waals surface area contributed by atoms with E-state index in [-0.39, 0.29) is 18.0 Å². The van der Waals surface area contributed by atoms with Crippen LogP contribution >= 0.6 is 0 Å². The summed E-state index contributed by atoms with van der Waals surface area (Å²) in [5, 5.41) is 0. The molecular formula is C22H18N2O4. The summed E-state index contributed by atoms with van der Waals surface area (Å²) in [6.45, 7) is 1.84. The Balaban J connectivity index is 2.14. The molecule has 3 aromatic rings. The van der Waals surface area contributed by atoms with Crippen molar-refractivity contribution in [1.82, 2.24) is 4.98 Å². The van der Waals surface area contributed by atoms with E-state index in [1.807, 2.05) is 0 Å². The first kappa shape index (κ1) is 19.0. The van der Waals surface area contributed by atoms with Gasteiger partial charge in [0.15, 0.2) is 5.82 Å². The van der Waals surface area contributed by atoms with Crippen LogP contribution in [-0.4, -0.2) is 29.4 Å². The summed E-state index contributed by atoms with van der Waals surface area (Å²) in [6, 6.07) is 19.7. The van der Waals surface area contributed by atoms with Crippen LogP contribution in [0.2, 0.25) is 0 Å². The summed E-state index contributed by atoms with van der Waals surface area (Å²) in [5.41, 5.74) is 0.636. The van der Waals surface area contributed by atoms with Crippen LogP contribution in [-0.2, 0) is 4.74 Å². The molecule has 0 aliphatic carbocycles. The zero-order valence-corrected chi connectivity index (χ0v) is 15.2. The highest BCUT2D eigenvalue weighted by Crippen LogP contribution is 2.23. The van der Waals surface area contributed by atoms with Gasteiger partial charge in [-0.2, -0.15) is 0 Å². The van der Waals surface area contributed by atoms with Crippen molar-refractivity contribution in [2.45, 2.75) is 6.92 Å². The van der Waals surface area contributed by atoms with Crippen molar-refractivity contribution in [2.24, 2.45) is 0 Å². The van der Waals surface area contributed by atoms with Gasteiger partial charge in [-0.15, -0.1) is 0 Å². The topological polar surface area (TPSA) is 76.6 Å². The maximum atomic E-state index is 13.2. The molecule has 6 heteroatoms. The van der Waals surface area contributed by atoms with Gasteiger partial charge in [-0.05, 0) is 43.3 Å². The highest BCUT2D eigenvalue weighted by Gasteiger charge is 2.30. The lowest BCUT2D eigenvalue weighted by molar-refractivity contribution is 0.0527. The maximum absolute atomic E-state index is 13.2. The van der Waals surface area contributed by atoms with E-state index in [0.717, 1.165) is 4.90 Å². The van der Waals surface area contributed by atoms with E-state index in [1.54, 1.807) is 73.7 Å². The molecule has 3 rings (SSSR count). The molecule has 6 nitrogen and oxygen atoms in total. The number of carbonyl (C=O) groups is 3. The van der Waals surface area contributed by atoms with Crippen molar-refractivity contribution >= 4 is 23.6 Å². The fourth-order valence-electron chi connectivity index (χ4n) is 2.65. The van der Waals surface area contributed by atoms with Crippen LogP contribution in [0.5, 0.6) is 0 Å². The van der Waals surface area contributed by atoms with Crippen LogP contribution in [0.1, 0.15) is 38.0 Å². The highest BCUT2D eigenvalue weighted by molar-refractivity contribution is 6.26. The van der Waals surface area contributed by atoms with Crippen LogP contribution in [0.25, 0.3) is 0 Å². The number of hydrogen-bond donors (Lipinski definition) is 0. The molecule has 2 amide bonds. The quantitative estimate of drug-likeness (QED) is 0.502. The van der Waals surface area contributed by atoms with E-state index in [1.165, 1.54) is 12.3 Å². The van der Waals surface area contributed by atoms with Crippen LogP contribution < -0.4 is 4.90 Å².